The van der Waals surface area contributed by atoms with Crippen molar-refractivity contribution in [1.29, 1.82) is 0 Å². The Balaban J connectivity index is 2.10. The lowest BCUT2D eigenvalue weighted by Crippen LogP contribution is -2.34. The number of amides is 2. The van der Waals surface area contributed by atoms with Crippen LogP contribution in [-0.2, 0) is 10.0 Å². The van der Waals surface area contributed by atoms with Crippen LogP contribution in [0.2, 0.25) is 0 Å². The van der Waals surface area contributed by atoms with Crippen LogP contribution < -0.4 is 14.8 Å². The number of thiazole rings is 1. The minimum Gasteiger partial charge on any atom is -0.435 e. The van der Waals surface area contributed by atoms with Crippen molar-refractivity contribution in [3.63, 3.8) is 0 Å². The van der Waals surface area contributed by atoms with E-state index in [9.17, 15) is 22.0 Å². The zero-order valence-corrected chi connectivity index (χ0v) is 14.2. The fourth-order valence-corrected chi connectivity index (χ4v) is 3.48. The summed E-state index contributed by atoms with van der Waals surface area (Å²) in [6.45, 7) is -3.09. The van der Waals surface area contributed by atoms with Crippen LogP contribution in [0.25, 0.3) is 0 Å². The topological polar surface area (TPSA) is 97.4 Å². The second-order valence-electron chi connectivity index (χ2n) is 3.88. The van der Waals surface area contributed by atoms with Crippen molar-refractivity contribution in [3.8, 4) is 5.75 Å². The molecule has 0 spiro atoms. The molecule has 124 valence electrons. The van der Waals surface area contributed by atoms with E-state index in [1.807, 2.05) is 0 Å². The van der Waals surface area contributed by atoms with Crippen molar-refractivity contribution in [1.82, 2.24) is 9.71 Å². The van der Waals surface area contributed by atoms with Crippen LogP contribution in [0.3, 0.4) is 0 Å². The number of carbonyl (C=O) groups is 1. The molecule has 0 atom stereocenters. The lowest BCUT2D eigenvalue weighted by Gasteiger charge is -2.09. The summed E-state index contributed by atoms with van der Waals surface area (Å²) in [5.74, 6) is -0.341. The van der Waals surface area contributed by atoms with Crippen molar-refractivity contribution in [2.45, 2.75) is 11.5 Å². The number of halogens is 3. The molecule has 0 bridgehead atoms. The molecule has 1 aromatic heterocycles. The predicted octanol–water partition coefficient (Wildman–Crippen LogP) is 3.02. The zero-order chi connectivity index (χ0) is 17.0. The Morgan fingerprint density at radius 2 is 2.13 bits per heavy atom. The maximum absolute atomic E-state index is 12.1. The maximum atomic E-state index is 12.1. The zero-order valence-electron chi connectivity index (χ0n) is 11.0. The minimum atomic E-state index is -4.25. The number of sulfonamides is 1. The number of carbonyl (C=O) groups excluding carboxylic acids is 1. The Labute approximate surface area is 141 Å². The van der Waals surface area contributed by atoms with E-state index in [0.29, 0.717) is 3.79 Å². The van der Waals surface area contributed by atoms with Gasteiger partial charge >= 0.3 is 12.6 Å². The summed E-state index contributed by atoms with van der Waals surface area (Å²) in [6, 6.07) is 3.35. The molecular formula is C11H8BrF2N3O4S2. The fraction of sp³-hybridized carbons (Fsp3) is 0.0909. The van der Waals surface area contributed by atoms with Gasteiger partial charge in [-0.1, -0.05) is 17.4 Å². The Hall–Kier alpha value is -1.79. The van der Waals surface area contributed by atoms with E-state index in [0.717, 1.165) is 23.5 Å². The summed E-state index contributed by atoms with van der Waals surface area (Å²) in [7, 11) is -4.25. The van der Waals surface area contributed by atoms with Crippen molar-refractivity contribution < 1.29 is 26.7 Å². The highest BCUT2D eigenvalue weighted by Gasteiger charge is 2.19. The number of urea groups is 1. The molecule has 1 heterocycles. The molecule has 2 N–H and O–H groups in total. The van der Waals surface area contributed by atoms with Gasteiger partial charge in [0, 0.05) is 6.07 Å². The van der Waals surface area contributed by atoms with E-state index in [1.165, 1.54) is 18.3 Å². The highest BCUT2D eigenvalue weighted by molar-refractivity contribution is 9.11. The summed E-state index contributed by atoms with van der Waals surface area (Å²) in [4.78, 5) is 15.1. The molecule has 23 heavy (non-hydrogen) atoms. The third-order valence-corrected chi connectivity index (χ3v) is 4.99. The molecule has 0 aliphatic rings. The van der Waals surface area contributed by atoms with Gasteiger partial charge in [0.15, 0.2) is 5.13 Å². The third kappa shape index (κ3) is 5.11. The van der Waals surface area contributed by atoms with Crippen LogP contribution in [0.4, 0.5) is 18.7 Å². The number of rotatable bonds is 5. The molecule has 7 nitrogen and oxygen atoms in total. The van der Waals surface area contributed by atoms with Gasteiger partial charge in [0.25, 0.3) is 10.0 Å². The Morgan fingerprint density at radius 3 is 2.74 bits per heavy atom. The van der Waals surface area contributed by atoms with E-state index < -0.39 is 27.6 Å². The number of hydrogen-bond acceptors (Lipinski definition) is 6. The largest absolute Gasteiger partial charge is 0.435 e. The molecule has 0 fully saturated rings. The molecule has 0 unspecified atom stereocenters. The summed E-state index contributed by atoms with van der Waals surface area (Å²) in [5, 5.41) is 2.41. The number of aromatic nitrogens is 1. The van der Waals surface area contributed by atoms with Gasteiger partial charge < -0.3 is 4.74 Å². The number of nitrogens with zero attached hydrogens (tertiary/aromatic N) is 1. The first-order chi connectivity index (χ1) is 10.8. The lowest BCUT2D eigenvalue weighted by atomic mass is 10.3. The Morgan fingerprint density at radius 1 is 1.39 bits per heavy atom. The number of ether oxygens (including phenoxy) is 1. The van der Waals surface area contributed by atoms with Crippen molar-refractivity contribution in [3.05, 3.63) is 34.2 Å². The number of nitrogens with one attached hydrogen (secondary N) is 2. The molecule has 0 radical (unpaired) electrons. The SMILES string of the molecule is O=C(Nc1ncc(Br)s1)NS(=O)(=O)c1cccc(OC(F)F)c1. The van der Waals surface area contributed by atoms with E-state index in [4.69, 9.17) is 0 Å². The van der Waals surface area contributed by atoms with E-state index in [2.05, 4.69) is 31.0 Å². The van der Waals surface area contributed by atoms with Gasteiger partial charge in [0.1, 0.15) is 5.75 Å². The third-order valence-electron chi connectivity index (χ3n) is 2.27. The van der Waals surface area contributed by atoms with Gasteiger partial charge in [-0.15, -0.1) is 0 Å². The first kappa shape index (κ1) is 17.6. The second-order valence-corrected chi connectivity index (χ2v) is 7.97. The molecule has 2 amide bonds. The van der Waals surface area contributed by atoms with E-state index in [-0.39, 0.29) is 10.9 Å². The molecule has 2 rings (SSSR count). The first-order valence-corrected chi connectivity index (χ1v) is 8.85. The average molecular weight is 428 g/mol. The molecule has 0 saturated heterocycles. The van der Waals surface area contributed by atoms with Crippen molar-refractivity contribution >= 4 is 48.5 Å². The molecular weight excluding hydrogens is 420 g/mol. The predicted molar refractivity (Wildman–Crippen MR) is 82.2 cm³/mol. The summed E-state index contributed by atoms with van der Waals surface area (Å²) in [6.07, 6.45) is 1.43. The molecule has 12 heteroatoms. The highest BCUT2D eigenvalue weighted by atomic mass is 79.9. The molecule has 1 aromatic carbocycles. The molecule has 0 aliphatic heterocycles. The van der Waals surface area contributed by atoms with Crippen LogP contribution in [0.5, 0.6) is 5.75 Å². The van der Waals surface area contributed by atoms with Crippen LogP contribution in [0.15, 0.2) is 39.1 Å². The molecule has 0 saturated carbocycles. The van der Waals surface area contributed by atoms with Gasteiger partial charge in [0.2, 0.25) is 0 Å². The molecule has 2 aromatic rings. The minimum absolute atomic E-state index is 0.180. The van der Waals surface area contributed by atoms with Gasteiger partial charge in [0.05, 0.1) is 14.9 Å². The number of anilines is 1. The summed E-state index contributed by atoms with van der Waals surface area (Å²) < 4.78 is 54.9. The van der Waals surface area contributed by atoms with Gasteiger partial charge in [-0.05, 0) is 28.1 Å². The van der Waals surface area contributed by atoms with Crippen LogP contribution in [0.1, 0.15) is 0 Å². The lowest BCUT2D eigenvalue weighted by molar-refractivity contribution is -0.0500. The number of hydrogen-bond donors (Lipinski definition) is 2. The smallest absolute Gasteiger partial charge is 0.387 e. The number of benzene rings is 1. The van der Waals surface area contributed by atoms with Crippen LogP contribution in [-0.4, -0.2) is 26.0 Å². The quantitative estimate of drug-likeness (QED) is 0.763. The summed E-state index contributed by atoms with van der Waals surface area (Å²) in [5.41, 5.74) is 0. The van der Waals surface area contributed by atoms with Crippen LogP contribution >= 0.6 is 27.3 Å². The normalized spacial score (nSPS) is 11.3. The second kappa shape index (κ2) is 7.19. The van der Waals surface area contributed by atoms with E-state index in [1.54, 1.807) is 4.72 Å². The molecule has 0 aliphatic carbocycles. The Kier molecular flexibility index (Phi) is 5.49. The monoisotopic (exact) mass is 427 g/mol. The van der Waals surface area contributed by atoms with Crippen LogP contribution in [0, 0.1) is 0 Å². The van der Waals surface area contributed by atoms with Crippen molar-refractivity contribution in [2.75, 3.05) is 5.32 Å². The fourth-order valence-electron chi connectivity index (χ4n) is 1.43. The van der Waals surface area contributed by atoms with Gasteiger partial charge in [-0.2, -0.15) is 8.78 Å². The van der Waals surface area contributed by atoms with Crippen molar-refractivity contribution in [2.24, 2.45) is 0 Å². The van der Waals surface area contributed by atoms with Gasteiger partial charge in [-0.25, -0.2) is 22.9 Å². The Bertz CT molecular complexity index is 813. The first-order valence-electron chi connectivity index (χ1n) is 5.76. The average Bonchev–Trinajstić information content (AvgIpc) is 2.82. The number of alkyl halides is 2. The van der Waals surface area contributed by atoms with Gasteiger partial charge in [-0.3, -0.25) is 5.32 Å². The summed E-state index contributed by atoms with van der Waals surface area (Å²) >= 11 is 4.22. The maximum Gasteiger partial charge on any atom is 0.387 e. The van der Waals surface area contributed by atoms with E-state index >= 15 is 0 Å². The highest BCUT2D eigenvalue weighted by Crippen LogP contribution is 2.23. The standard InChI is InChI=1S/C11H8BrF2N3O4S2/c12-8-5-15-11(22-8)16-10(18)17-23(19,20)7-3-1-2-6(4-7)21-9(13)14/h1-5,9H,(H2,15,16,17,18).